The highest BCUT2D eigenvalue weighted by Gasteiger charge is 2.07. The van der Waals surface area contributed by atoms with E-state index < -0.39 is 0 Å². The van der Waals surface area contributed by atoms with E-state index in [2.05, 4.69) is 0 Å². The summed E-state index contributed by atoms with van der Waals surface area (Å²) in [5.74, 6) is -0.0486. The molecular formula is C11H11NO2. The van der Waals surface area contributed by atoms with Crippen molar-refractivity contribution in [3.63, 3.8) is 0 Å². The number of carbonyl (C=O) groups is 1. The topological polar surface area (TPSA) is 56.2 Å². The van der Waals surface area contributed by atoms with E-state index in [1.54, 1.807) is 18.4 Å². The van der Waals surface area contributed by atoms with Gasteiger partial charge in [-0.2, -0.15) is 0 Å². The first-order chi connectivity index (χ1) is 6.72. The summed E-state index contributed by atoms with van der Waals surface area (Å²) in [4.78, 5) is 11.3. The number of rotatable bonds is 2. The van der Waals surface area contributed by atoms with Gasteiger partial charge in [0.05, 0.1) is 12.8 Å². The number of nitrogens with two attached hydrogens (primary N) is 1. The van der Waals surface area contributed by atoms with Crippen LogP contribution in [0.15, 0.2) is 28.9 Å². The van der Waals surface area contributed by atoms with Crippen molar-refractivity contribution in [2.75, 3.05) is 6.54 Å². The van der Waals surface area contributed by atoms with Gasteiger partial charge in [-0.1, -0.05) is 0 Å². The third-order valence-corrected chi connectivity index (χ3v) is 2.27. The van der Waals surface area contributed by atoms with E-state index in [9.17, 15) is 4.79 Å². The maximum atomic E-state index is 11.3. The van der Waals surface area contributed by atoms with E-state index in [-0.39, 0.29) is 12.3 Å². The molecule has 0 radical (unpaired) electrons. The Labute approximate surface area is 81.5 Å². The predicted molar refractivity (Wildman–Crippen MR) is 54.3 cm³/mol. The lowest BCUT2D eigenvalue weighted by Crippen LogP contribution is -2.13. The molecule has 72 valence electrons. The maximum Gasteiger partial charge on any atom is 0.176 e. The Hall–Kier alpha value is -1.61. The Morgan fingerprint density at radius 1 is 1.50 bits per heavy atom. The van der Waals surface area contributed by atoms with Crippen molar-refractivity contribution in [2.24, 2.45) is 5.73 Å². The minimum absolute atomic E-state index is 0.0441. The molecule has 0 aliphatic rings. The fraction of sp³-hybridized carbons (Fsp3) is 0.182. The molecule has 0 aliphatic heterocycles. The SMILES string of the molecule is Cc1coc2ccc(C(=O)CN)cc12. The minimum atomic E-state index is -0.0486. The third-order valence-electron chi connectivity index (χ3n) is 2.27. The van der Waals surface area contributed by atoms with Gasteiger partial charge in [0, 0.05) is 10.9 Å². The quantitative estimate of drug-likeness (QED) is 0.734. The van der Waals surface area contributed by atoms with Gasteiger partial charge in [0.2, 0.25) is 0 Å². The van der Waals surface area contributed by atoms with Crippen LogP contribution in [-0.2, 0) is 0 Å². The van der Waals surface area contributed by atoms with E-state index in [4.69, 9.17) is 10.2 Å². The third kappa shape index (κ3) is 1.32. The van der Waals surface area contributed by atoms with Gasteiger partial charge in [-0.3, -0.25) is 4.79 Å². The number of aryl methyl sites for hydroxylation is 1. The van der Waals surface area contributed by atoms with Crippen molar-refractivity contribution < 1.29 is 9.21 Å². The smallest absolute Gasteiger partial charge is 0.176 e. The number of furan rings is 1. The van der Waals surface area contributed by atoms with E-state index >= 15 is 0 Å². The second-order valence-electron chi connectivity index (χ2n) is 3.26. The van der Waals surface area contributed by atoms with Crippen molar-refractivity contribution in [3.05, 3.63) is 35.6 Å². The summed E-state index contributed by atoms with van der Waals surface area (Å²) >= 11 is 0. The van der Waals surface area contributed by atoms with Crippen molar-refractivity contribution in [1.29, 1.82) is 0 Å². The Morgan fingerprint density at radius 3 is 3.00 bits per heavy atom. The molecule has 2 aromatic rings. The molecule has 3 heteroatoms. The summed E-state index contributed by atoms with van der Waals surface area (Å²) in [5, 5.41) is 0.976. The van der Waals surface area contributed by atoms with Gasteiger partial charge in [-0.05, 0) is 30.7 Å². The molecule has 3 nitrogen and oxygen atoms in total. The molecule has 0 fully saturated rings. The van der Waals surface area contributed by atoms with E-state index in [1.165, 1.54) is 0 Å². The van der Waals surface area contributed by atoms with Crippen LogP contribution in [0, 0.1) is 6.92 Å². The molecule has 0 unspecified atom stereocenters. The molecule has 0 bridgehead atoms. The van der Waals surface area contributed by atoms with E-state index in [1.807, 2.05) is 13.0 Å². The number of hydrogen-bond acceptors (Lipinski definition) is 3. The monoisotopic (exact) mass is 189 g/mol. The Balaban J connectivity index is 2.60. The molecule has 0 spiro atoms. The predicted octanol–water partition coefficient (Wildman–Crippen LogP) is 1.88. The van der Waals surface area contributed by atoms with Gasteiger partial charge >= 0.3 is 0 Å². The molecule has 0 amide bonds. The summed E-state index contributed by atoms with van der Waals surface area (Å²) in [5.41, 5.74) is 7.77. The van der Waals surface area contributed by atoms with Gasteiger partial charge in [0.1, 0.15) is 5.58 Å². The molecule has 2 rings (SSSR count). The molecule has 14 heavy (non-hydrogen) atoms. The first-order valence-electron chi connectivity index (χ1n) is 4.43. The second-order valence-corrected chi connectivity index (χ2v) is 3.26. The van der Waals surface area contributed by atoms with Crippen LogP contribution in [0.1, 0.15) is 15.9 Å². The Bertz CT molecular complexity index is 485. The Morgan fingerprint density at radius 2 is 2.29 bits per heavy atom. The zero-order valence-corrected chi connectivity index (χ0v) is 7.91. The zero-order chi connectivity index (χ0) is 10.1. The average molecular weight is 189 g/mol. The zero-order valence-electron chi connectivity index (χ0n) is 7.91. The molecular weight excluding hydrogens is 178 g/mol. The van der Waals surface area contributed by atoms with Gasteiger partial charge in [-0.15, -0.1) is 0 Å². The maximum absolute atomic E-state index is 11.3. The van der Waals surface area contributed by atoms with Crippen LogP contribution in [0.25, 0.3) is 11.0 Å². The van der Waals surface area contributed by atoms with Crippen LogP contribution >= 0.6 is 0 Å². The van der Waals surface area contributed by atoms with Crippen LogP contribution in [0.5, 0.6) is 0 Å². The lowest BCUT2D eigenvalue weighted by molar-refractivity contribution is 0.100. The van der Waals surface area contributed by atoms with Crippen molar-refractivity contribution in [3.8, 4) is 0 Å². The molecule has 1 heterocycles. The summed E-state index contributed by atoms with van der Waals surface area (Å²) in [6.07, 6.45) is 1.68. The molecule has 0 aliphatic carbocycles. The molecule has 0 atom stereocenters. The minimum Gasteiger partial charge on any atom is -0.464 e. The molecule has 0 saturated carbocycles. The van der Waals surface area contributed by atoms with Gasteiger partial charge in [0.25, 0.3) is 0 Å². The lowest BCUT2D eigenvalue weighted by Gasteiger charge is -1.97. The van der Waals surface area contributed by atoms with Gasteiger partial charge in [-0.25, -0.2) is 0 Å². The highest BCUT2D eigenvalue weighted by atomic mass is 16.3. The average Bonchev–Trinajstić information content (AvgIpc) is 2.59. The van der Waals surface area contributed by atoms with Crippen LogP contribution in [-0.4, -0.2) is 12.3 Å². The highest BCUT2D eigenvalue weighted by Crippen LogP contribution is 2.21. The van der Waals surface area contributed by atoms with Gasteiger partial charge in [0.15, 0.2) is 5.78 Å². The van der Waals surface area contributed by atoms with E-state index in [0.29, 0.717) is 5.56 Å². The first-order valence-corrected chi connectivity index (χ1v) is 4.43. The van der Waals surface area contributed by atoms with Gasteiger partial charge < -0.3 is 10.2 Å². The summed E-state index contributed by atoms with van der Waals surface area (Å²) in [6, 6.07) is 5.36. The summed E-state index contributed by atoms with van der Waals surface area (Å²) in [6.45, 7) is 1.99. The fourth-order valence-electron chi connectivity index (χ4n) is 1.45. The molecule has 2 N–H and O–H groups in total. The summed E-state index contributed by atoms with van der Waals surface area (Å²) < 4.78 is 5.27. The standard InChI is InChI=1S/C11H11NO2/c1-7-6-14-11-3-2-8(4-9(7)11)10(13)5-12/h2-4,6H,5,12H2,1H3. The largest absolute Gasteiger partial charge is 0.464 e. The Kier molecular flexibility index (Phi) is 2.09. The molecule has 0 saturated heterocycles. The van der Waals surface area contributed by atoms with Crippen LogP contribution in [0.3, 0.4) is 0 Å². The van der Waals surface area contributed by atoms with Crippen molar-refractivity contribution in [2.45, 2.75) is 6.92 Å². The second kappa shape index (κ2) is 3.27. The highest BCUT2D eigenvalue weighted by molar-refractivity contribution is 6.00. The number of benzene rings is 1. The number of ketones is 1. The number of fused-ring (bicyclic) bond motifs is 1. The normalized spacial score (nSPS) is 10.7. The number of hydrogen-bond donors (Lipinski definition) is 1. The number of Topliss-reactive ketones (excluding diaryl/α,β-unsaturated/α-hetero) is 1. The van der Waals surface area contributed by atoms with E-state index in [0.717, 1.165) is 16.5 Å². The first kappa shape index (κ1) is 8.97. The van der Waals surface area contributed by atoms with Crippen molar-refractivity contribution in [1.82, 2.24) is 0 Å². The molecule has 1 aromatic carbocycles. The van der Waals surface area contributed by atoms with Crippen LogP contribution < -0.4 is 5.73 Å². The molecule has 1 aromatic heterocycles. The fourth-order valence-corrected chi connectivity index (χ4v) is 1.45. The number of carbonyl (C=O) groups excluding carboxylic acids is 1. The van der Waals surface area contributed by atoms with Crippen LogP contribution in [0.2, 0.25) is 0 Å². The van der Waals surface area contributed by atoms with Crippen LogP contribution in [0.4, 0.5) is 0 Å². The lowest BCUT2D eigenvalue weighted by atomic mass is 10.1. The summed E-state index contributed by atoms with van der Waals surface area (Å²) in [7, 11) is 0. The van der Waals surface area contributed by atoms with Crippen molar-refractivity contribution >= 4 is 16.8 Å².